The van der Waals surface area contributed by atoms with Crippen molar-refractivity contribution in [3.63, 3.8) is 0 Å². The number of hydrogen-bond donors (Lipinski definition) is 1. The molecule has 0 aliphatic heterocycles. The second kappa shape index (κ2) is 4.27. The maximum atomic E-state index is 13.5. The number of rotatable bonds is 4. The number of carboxylic acid groups (broad SMARTS) is 1. The van der Waals surface area contributed by atoms with Crippen molar-refractivity contribution in [2.24, 2.45) is 5.92 Å². The van der Waals surface area contributed by atoms with E-state index in [2.05, 4.69) is 4.74 Å². The third-order valence-corrected chi connectivity index (χ3v) is 2.70. The third kappa shape index (κ3) is 2.51. The van der Waals surface area contributed by atoms with Gasteiger partial charge in [0.15, 0.2) is 0 Å². The molecule has 1 aromatic rings. The lowest BCUT2D eigenvalue weighted by atomic mass is 10.1. The highest BCUT2D eigenvalue weighted by Crippen LogP contribution is 2.48. The molecule has 1 aliphatic carbocycles. The number of ether oxygens (including phenoxy) is 1. The summed E-state index contributed by atoms with van der Waals surface area (Å²) in [5.41, 5.74) is 0.235. The van der Waals surface area contributed by atoms with Crippen molar-refractivity contribution in [1.82, 2.24) is 0 Å². The number of halogens is 3. The Morgan fingerprint density at radius 2 is 2.18 bits per heavy atom. The van der Waals surface area contributed by atoms with Gasteiger partial charge in [-0.1, -0.05) is 6.07 Å². The largest absolute Gasteiger partial charge is 0.481 e. The van der Waals surface area contributed by atoms with Crippen LogP contribution in [0.2, 0.25) is 0 Å². The Hall–Kier alpha value is -1.72. The molecule has 92 valence electrons. The minimum absolute atomic E-state index is 0.235. The highest BCUT2D eigenvalue weighted by molar-refractivity contribution is 5.75. The summed E-state index contributed by atoms with van der Waals surface area (Å²) in [6.07, 6.45) is 0.376. The highest BCUT2D eigenvalue weighted by atomic mass is 19.3. The molecule has 1 aliphatic rings. The van der Waals surface area contributed by atoms with Gasteiger partial charge in [0.05, 0.1) is 5.92 Å². The number of carboxylic acids is 1. The van der Waals surface area contributed by atoms with Crippen LogP contribution in [-0.4, -0.2) is 17.7 Å². The Labute approximate surface area is 94.8 Å². The van der Waals surface area contributed by atoms with Gasteiger partial charge in [0.2, 0.25) is 0 Å². The molecule has 1 fully saturated rings. The van der Waals surface area contributed by atoms with Crippen molar-refractivity contribution in [2.45, 2.75) is 19.0 Å². The van der Waals surface area contributed by atoms with Crippen LogP contribution in [0.5, 0.6) is 5.75 Å². The van der Waals surface area contributed by atoms with Gasteiger partial charge < -0.3 is 9.84 Å². The predicted molar refractivity (Wildman–Crippen MR) is 51.5 cm³/mol. The Kier molecular flexibility index (Phi) is 2.95. The van der Waals surface area contributed by atoms with Gasteiger partial charge in [-0.3, -0.25) is 4.79 Å². The van der Waals surface area contributed by atoms with Crippen LogP contribution in [0.1, 0.15) is 17.9 Å². The van der Waals surface area contributed by atoms with Gasteiger partial charge in [-0.25, -0.2) is 4.39 Å². The quantitative estimate of drug-likeness (QED) is 0.888. The van der Waals surface area contributed by atoms with Crippen LogP contribution in [0.3, 0.4) is 0 Å². The molecule has 3 nitrogen and oxygen atoms in total. The molecule has 1 N–H and O–H groups in total. The van der Waals surface area contributed by atoms with Crippen molar-refractivity contribution in [2.75, 3.05) is 0 Å². The van der Waals surface area contributed by atoms with Crippen molar-refractivity contribution in [3.05, 3.63) is 29.6 Å². The second-order valence-corrected chi connectivity index (χ2v) is 3.85. The molecule has 0 bridgehead atoms. The summed E-state index contributed by atoms with van der Waals surface area (Å²) in [7, 11) is 0. The van der Waals surface area contributed by atoms with E-state index < -0.39 is 24.3 Å². The van der Waals surface area contributed by atoms with Gasteiger partial charge in [-0.15, -0.1) is 0 Å². The molecule has 0 saturated heterocycles. The zero-order chi connectivity index (χ0) is 12.6. The molecule has 17 heavy (non-hydrogen) atoms. The zero-order valence-electron chi connectivity index (χ0n) is 8.57. The van der Waals surface area contributed by atoms with E-state index in [9.17, 15) is 18.0 Å². The van der Waals surface area contributed by atoms with Crippen LogP contribution in [-0.2, 0) is 4.79 Å². The molecule has 2 rings (SSSR count). The van der Waals surface area contributed by atoms with E-state index in [-0.39, 0.29) is 17.2 Å². The minimum atomic E-state index is -3.01. The van der Waals surface area contributed by atoms with E-state index in [1.165, 1.54) is 12.1 Å². The van der Waals surface area contributed by atoms with Crippen LogP contribution in [0.15, 0.2) is 18.2 Å². The molecular formula is C11H9F3O3. The molecule has 2 atom stereocenters. The summed E-state index contributed by atoms with van der Waals surface area (Å²) in [6, 6.07) is 3.35. The fourth-order valence-electron chi connectivity index (χ4n) is 1.80. The minimum Gasteiger partial charge on any atom is -0.481 e. The average molecular weight is 246 g/mol. The molecule has 0 unspecified atom stereocenters. The third-order valence-electron chi connectivity index (χ3n) is 2.70. The predicted octanol–water partition coefficient (Wildman–Crippen LogP) is 2.62. The lowest BCUT2D eigenvalue weighted by Crippen LogP contribution is -2.03. The van der Waals surface area contributed by atoms with Crippen molar-refractivity contribution < 1.29 is 27.8 Å². The van der Waals surface area contributed by atoms with Crippen LogP contribution in [0.25, 0.3) is 0 Å². The number of carbonyl (C=O) groups is 1. The van der Waals surface area contributed by atoms with E-state index in [4.69, 9.17) is 5.11 Å². The van der Waals surface area contributed by atoms with Crippen molar-refractivity contribution >= 4 is 5.97 Å². The number of aliphatic carboxylic acids is 1. The molecule has 6 heteroatoms. The maximum absolute atomic E-state index is 13.5. The van der Waals surface area contributed by atoms with Gasteiger partial charge in [0, 0.05) is 12.0 Å². The van der Waals surface area contributed by atoms with E-state index >= 15 is 0 Å². The summed E-state index contributed by atoms with van der Waals surface area (Å²) in [5.74, 6) is -2.90. The lowest BCUT2D eigenvalue weighted by Gasteiger charge is -2.06. The fourth-order valence-corrected chi connectivity index (χ4v) is 1.80. The maximum Gasteiger partial charge on any atom is 0.387 e. The molecule has 1 aromatic carbocycles. The first-order valence-corrected chi connectivity index (χ1v) is 4.96. The Balaban J connectivity index is 2.13. The topological polar surface area (TPSA) is 46.5 Å². The normalized spacial score (nSPS) is 22.6. The smallest absolute Gasteiger partial charge is 0.387 e. The molecule has 0 heterocycles. The summed E-state index contributed by atoms with van der Waals surface area (Å²) < 4.78 is 41.3. The average Bonchev–Trinajstić information content (AvgIpc) is 2.96. The number of benzene rings is 1. The lowest BCUT2D eigenvalue weighted by molar-refractivity contribution is -0.138. The molecule has 0 amide bonds. The SMILES string of the molecule is O=C(O)[C@@H]1C[C@H]1c1ccc(OC(F)F)cc1F. The van der Waals surface area contributed by atoms with E-state index in [0.29, 0.717) is 6.42 Å². The molecule has 0 aromatic heterocycles. The molecule has 0 radical (unpaired) electrons. The van der Waals surface area contributed by atoms with Gasteiger partial charge in [0.1, 0.15) is 11.6 Å². The summed E-state index contributed by atoms with van der Waals surface area (Å²) in [6.45, 7) is -3.01. The number of alkyl halides is 2. The summed E-state index contributed by atoms with van der Waals surface area (Å²) in [5, 5.41) is 8.70. The van der Waals surface area contributed by atoms with E-state index in [1.807, 2.05) is 0 Å². The van der Waals surface area contributed by atoms with Crippen molar-refractivity contribution in [3.8, 4) is 5.75 Å². The van der Waals surface area contributed by atoms with E-state index in [1.54, 1.807) is 0 Å². The van der Waals surface area contributed by atoms with Crippen molar-refractivity contribution in [1.29, 1.82) is 0 Å². The monoisotopic (exact) mass is 246 g/mol. The van der Waals surface area contributed by atoms with Crippen LogP contribution < -0.4 is 4.74 Å². The first-order valence-electron chi connectivity index (χ1n) is 4.96. The Morgan fingerprint density at radius 3 is 2.65 bits per heavy atom. The standard InChI is InChI=1S/C11H9F3O3/c12-9-3-5(17-11(13)14)1-2-6(9)7-4-8(7)10(15)16/h1-3,7-8,11H,4H2,(H,15,16)/t7-,8+/m0/s1. The van der Waals surface area contributed by atoms with Crippen LogP contribution in [0, 0.1) is 11.7 Å². The van der Waals surface area contributed by atoms with Gasteiger partial charge in [-0.05, 0) is 18.1 Å². The summed E-state index contributed by atoms with van der Waals surface area (Å²) >= 11 is 0. The first kappa shape index (κ1) is 11.8. The highest BCUT2D eigenvalue weighted by Gasteiger charge is 2.45. The zero-order valence-corrected chi connectivity index (χ0v) is 8.57. The molecular weight excluding hydrogens is 237 g/mol. The van der Waals surface area contributed by atoms with Gasteiger partial charge >= 0.3 is 12.6 Å². The van der Waals surface area contributed by atoms with E-state index in [0.717, 1.165) is 6.07 Å². The van der Waals surface area contributed by atoms with Crippen LogP contribution >= 0.6 is 0 Å². The number of hydrogen-bond acceptors (Lipinski definition) is 2. The van der Waals surface area contributed by atoms with Gasteiger partial charge in [0.25, 0.3) is 0 Å². The van der Waals surface area contributed by atoms with Gasteiger partial charge in [-0.2, -0.15) is 8.78 Å². The first-order chi connectivity index (χ1) is 7.99. The fraction of sp³-hybridized carbons (Fsp3) is 0.364. The Morgan fingerprint density at radius 1 is 1.47 bits per heavy atom. The second-order valence-electron chi connectivity index (χ2n) is 3.85. The summed E-state index contributed by atoms with van der Waals surface area (Å²) in [4.78, 5) is 10.6. The molecule has 0 spiro atoms. The molecule has 1 saturated carbocycles. The van der Waals surface area contributed by atoms with Crippen LogP contribution in [0.4, 0.5) is 13.2 Å². The Bertz CT molecular complexity index is 448.